The number of nitrogens with one attached hydrogen (secondary N) is 1. The summed E-state index contributed by atoms with van der Waals surface area (Å²) < 4.78 is 5.94. The normalized spacial score (nSPS) is 10.3. The van der Waals surface area contributed by atoms with Crippen LogP contribution in [0.1, 0.15) is 39.4 Å². The van der Waals surface area contributed by atoms with Crippen molar-refractivity contribution < 1.29 is 14.3 Å². The molecule has 0 bridgehead atoms. The fourth-order valence-electron chi connectivity index (χ4n) is 1.85. The zero-order chi connectivity index (χ0) is 16.1. The lowest BCUT2D eigenvalue weighted by Crippen LogP contribution is -2.14. The van der Waals surface area contributed by atoms with E-state index in [1.54, 1.807) is 37.3 Å². The molecule has 4 nitrogen and oxygen atoms in total. The van der Waals surface area contributed by atoms with Gasteiger partial charge in [-0.25, -0.2) is 4.79 Å². The van der Waals surface area contributed by atoms with Gasteiger partial charge in [-0.2, -0.15) is 0 Å². The molecule has 6 heteroatoms. The number of carbonyl (C=O) groups is 2. The molecule has 0 saturated heterocycles. The van der Waals surface area contributed by atoms with Gasteiger partial charge in [0.05, 0.1) is 12.2 Å². The van der Waals surface area contributed by atoms with Crippen LogP contribution in [0.5, 0.6) is 0 Å². The molecule has 1 aromatic heterocycles. The summed E-state index contributed by atoms with van der Waals surface area (Å²) in [5.74, 6) is -0.660. The lowest BCUT2D eigenvalue weighted by Gasteiger charge is -2.06. The summed E-state index contributed by atoms with van der Waals surface area (Å²) in [6.45, 7) is 4.06. The molecule has 0 fully saturated rings. The first-order chi connectivity index (χ1) is 10.5. The molecule has 2 rings (SSSR count). The van der Waals surface area contributed by atoms with E-state index >= 15 is 0 Å². The summed E-state index contributed by atoms with van der Waals surface area (Å²) in [5.41, 5.74) is 0.943. The van der Waals surface area contributed by atoms with Crippen LogP contribution in [0.25, 0.3) is 0 Å². The van der Waals surface area contributed by atoms with E-state index in [0.29, 0.717) is 22.7 Å². The average Bonchev–Trinajstić information content (AvgIpc) is 2.91. The minimum atomic E-state index is -0.412. The van der Waals surface area contributed by atoms with Gasteiger partial charge in [-0.05, 0) is 43.7 Å². The summed E-state index contributed by atoms with van der Waals surface area (Å²) in [5, 5.41) is 3.33. The summed E-state index contributed by atoms with van der Waals surface area (Å²) >= 11 is 4.73. The quantitative estimate of drug-likeness (QED) is 0.775. The van der Waals surface area contributed by atoms with Gasteiger partial charge in [0.25, 0.3) is 5.91 Å². The first-order valence-corrected chi connectivity index (χ1v) is 8.52. The summed E-state index contributed by atoms with van der Waals surface area (Å²) in [4.78, 5) is 25.3. The minimum Gasteiger partial charge on any atom is -0.462 e. The molecule has 0 unspecified atom stereocenters. The van der Waals surface area contributed by atoms with Gasteiger partial charge in [-0.3, -0.25) is 4.79 Å². The number of hydrogen-bond donors (Lipinski definition) is 1. The molecule has 116 valence electrons. The number of ether oxygens (including phenoxy) is 1. The third-order valence-electron chi connectivity index (χ3n) is 2.96. The van der Waals surface area contributed by atoms with Gasteiger partial charge in [0.15, 0.2) is 0 Å². The van der Waals surface area contributed by atoms with Crippen molar-refractivity contribution in [2.45, 2.75) is 20.3 Å². The number of rotatable bonds is 5. The van der Waals surface area contributed by atoms with Crippen LogP contribution in [0.15, 0.2) is 34.8 Å². The second-order valence-electron chi connectivity index (χ2n) is 4.49. The largest absolute Gasteiger partial charge is 0.462 e. The molecule has 0 radical (unpaired) electrons. The smallest absolute Gasteiger partial charge is 0.341 e. The Balaban J connectivity index is 2.24. The van der Waals surface area contributed by atoms with Gasteiger partial charge >= 0.3 is 5.97 Å². The molecule has 0 atom stereocenters. The van der Waals surface area contributed by atoms with Crippen molar-refractivity contribution in [1.29, 1.82) is 0 Å². The second-order valence-corrected chi connectivity index (χ2v) is 6.54. The highest BCUT2D eigenvalue weighted by molar-refractivity contribution is 9.10. The van der Waals surface area contributed by atoms with Gasteiger partial charge in [-0.1, -0.05) is 22.9 Å². The Hall–Kier alpha value is -1.66. The molecule has 1 heterocycles. The summed E-state index contributed by atoms with van der Waals surface area (Å²) in [7, 11) is 0. The topological polar surface area (TPSA) is 55.4 Å². The highest BCUT2D eigenvalue weighted by atomic mass is 79.9. The monoisotopic (exact) mass is 381 g/mol. The minimum absolute atomic E-state index is 0.248. The number of halogens is 1. The molecule has 22 heavy (non-hydrogen) atoms. The van der Waals surface area contributed by atoms with Gasteiger partial charge in [0, 0.05) is 14.9 Å². The Morgan fingerprint density at radius 2 is 1.91 bits per heavy atom. The number of aryl methyl sites for hydroxylation is 1. The van der Waals surface area contributed by atoms with E-state index in [-0.39, 0.29) is 5.91 Å². The van der Waals surface area contributed by atoms with E-state index in [0.717, 1.165) is 15.8 Å². The number of thiophene rings is 1. The highest BCUT2D eigenvalue weighted by Gasteiger charge is 2.19. The van der Waals surface area contributed by atoms with Crippen molar-refractivity contribution in [2.24, 2.45) is 0 Å². The lowest BCUT2D eigenvalue weighted by atomic mass is 10.2. The zero-order valence-electron chi connectivity index (χ0n) is 12.3. The van der Waals surface area contributed by atoms with Crippen molar-refractivity contribution in [3.63, 3.8) is 0 Å². The molecule has 0 aliphatic carbocycles. The van der Waals surface area contributed by atoms with Crippen molar-refractivity contribution in [3.05, 3.63) is 50.8 Å². The summed E-state index contributed by atoms with van der Waals surface area (Å²) in [6, 6.07) is 8.82. The van der Waals surface area contributed by atoms with E-state index in [9.17, 15) is 9.59 Å². The number of hydrogen-bond acceptors (Lipinski definition) is 4. The van der Waals surface area contributed by atoms with Gasteiger partial charge in [0.2, 0.25) is 0 Å². The van der Waals surface area contributed by atoms with E-state index in [1.807, 2.05) is 6.92 Å². The van der Waals surface area contributed by atoms with Crippen LogP contribution in [0.2, 0.25) is 0 Å². The van der Waals surface area contributed by atoms with Crippen LogP contribution in [0.4, 0.5) is 5.00 Å². The maximum absolute atomic E-state index is 12.3. The fourth-order valence-corrected chi connectivity index (χ4v) is 3.09. The SMILES string of the molecule is CCOC(=O)c1cc(CC)sc1NC(=O)c1ccc(Br)cc1. The maximum atomic E-state index is 12.3. The van der Waals surface area contributed by atoms with Gasteiger partial charge in [0.1, 0.15) is 5.00 Å². The van der Waals surface area contributed by atoms with Crippen LogP contribution >= 0.6 is 27.3 Å². The Morgan fingerprint density at radius 3 is 2.50 bits per heavy atom. The van der Waals surface area contributed by atoms with Gasteiger partial charge < -0.3 is 10.1 Å². The molecular weight excluding hydrogens is 366 g/mol. The predicted octanol–water partition coefficient (Wildman–Crippen LogP) is 4.50. The Bertz CT molecular complexity index is 679. The van der Waals surface area contributed by atoms with Crippen LogP contribution in [-0.2, 0) is 11.2 Å². The molecule has 0 spiro atoms. The number of esters is 1. The lowest BCUT2D eigenvalue weighted by molar-refractivity contribution is 0.0528. The molecule has 2 aromatic rings. The third kappa shape index (κ3) is 3.96. The van der Waals surface area contributed by atoms with Crippen molar-refractivity contribution in [3.8, 4) is 0 Å². The molecule has 0 saturated carbocycles. The Morgan fingerprint density at radius 1 is 1.23 bits per heavy atom. The van der Waals surface area contributed by atoms with Crippen molar-refractivity contribution in [2.75, 3.05) is 11.9 Å². The molecular formula is C16H16BrNO3S. The van der Waals surface area contributed by atoms with Crippen molar-refractivity contribution >= 4 is 44.1 Å². The van der Waals surface area contributed by atoms with E-state index in [4.69, 9.17) is 4.74 Å². The van der Waals surface area contributed by atoms with Crippen LogP contribution in [0.3, 0.4) is 0 Å². The Kier molecular flexibility index (Phi) is 5.74. The molecule has 0 aliphatic rings. The highest BCUT2D eigenvalue weighted by Crippen LogP contribution is 2.29. The zero-order valence-corrected chi connectivity index (χ0v) is 14.7. The molecule has 0 aliphatic heterocycles. The second kappa shape index (κ2) is 7.56. The molecule has 1 N–H and O–H groups in total. The first-order valence-electron chi connectivity index (χ1n) is 6.91. The number of amides is 1. The van der Waals surface area contributed by atoms with Crippen molar-refractivity contribution in [1.82, 2.24) is 0 Å². The van der Waals surface area contributed by atoms with E-state index in [2.05, 4.69) is 21.2 Å². The number of anilines is 1. The Labute approximate surface area is 141 Å². The van der Waals surface area contributed by atoms with Crippen LogP contribution < -0.4 is 5.32 Å². The summed E-state index contributed by atoms with van der Waals surface area (Å²) in [6.07, 6.45) is 0.797. The standard InChI is InChI=1S/C16H16BrNO3S/c1-3-12-9-13(16(20)21-4-2)15(22-12)18-14(19)10-5-7-11(17)8-6-10/h5-9H,3-4H2,1-2H3,(H,18,19). The van der Waals surface area contributed by atoms with Gasteiger partial charge in [-0.15, -0.1) is 11.3 Å². The van der Waals surface area contributed by atoms with E-state index in [1.165, 1.54) is 11.3 Å². The van der Waals surface area contributed by atoms with E-state index < -0.39 is 5.97 Å². The molecule has 1 aromatic carbocycles. The fraction of sp³-hybridized carbons (Fsp3) is 0.250. The average molecular weight is 382 g/mol. The predicted molar refractivity (Wildman–Crippen MR) is 91.7 cm³/mol. The van der Waals surface area contributed by atoms with Crippen LogP contribution in [-0.4, -0.2) is 18.5 Å². The third-order valence-corrected chi connectivity index (χ3v) is 4.68. The molecule has 1 amide bonds. The number of carbonyl (C=O) groups excluding carboxylic acids is 2. The maximum Gasteiger partial charge on any atom is 0.341 e. The first kappa shape index (κ1) is 16.7. The van der Waals surface area contributed by atoms with Crippen LogP contribution in [0, 0.1) is 0 Å². The number of benzene rings is 1.